The first kappa shape index (κ1) is 21.0. The summed E-state index contributed by atoms with van der Waals surface area (Å²) >= 11 is 0. The number of carbonyl (C=O) groups is 1. The van der Waals surface area contributed by atoms with Crippen molar-refractivity contribution in [1.82, 2.24) is 4.98 Å². The number of amides is 1. The largest absolute Gasteiger partial charge is 0.399 e. The first-order valence-corrected chi connectivity index (χ1v) is 11.4. The summed E-state index contributed by atoms with van der Waals surface area (Å²) in [5.41, 5.74) is 8.04. The second-order valence-electron chi connectivity index (χ2n) is 9.31. The van der Waals surface area contributed by atoms with Crippen molar-refractivity contribution >= 4 is 28.9 Å². The van der Waals surface area contributed by atoms with Crippen LogP contribution in [0.25, 0.3) is 0 Å². The highest BCUT2D eigenvalue weighted by atomic mass is 19.3. The van der Waals surface area contributed by atoms with Gasteiger partial charge in [-0.1, -0.05) is 18.9 Å². The minimum atomic E-state index is -2.73. The number of hydrogen-bond acceptors (Lipinski definition) is 5. The molecule has 0 spiro atoms. The Kier molecular flexibility index (Phi) is 5.39. The van der Waals surface area contributed by atoms with Crippen LogP contribution in [0, 0.1) is 11.8 Å². The molecule has 1 unspecified atom stereocenters. The summed E-state index contributed by atoms with van der Waals surface area (Å²) in [6.45, 7) is 1.62. The Labute approximate surface area is 186 Å². The molecule has 8 heteroatoms. The van der Waals surface area contributed by atoms with Gasteiger partial charge in [-0.3, -0.25) is 4.79 Å². The van der Waals surface area contributed by atoms with Crippen LogP contribution in [0.5, 0.6) is 0 Å². The van der Waals surface area contributed by atoms with E-state index in [1.807, 2.05) is 6.07 Å². The Morgan fingerprint density at radius 1 is 1.06 bits per heavy atom. The molecule has 2 saturated heterocycles. The molecular weight excluding hydrogens is 412 g/mol. The molecule has 1 aromatic heterocycles. The number of nitrogens with zero attached hydrogens (tertiary/aromatic N) is 3. The third-order valence-corrected chi connectivity index (χ3v) is 7.13. The number of rotatable bonds is 0. The van der Waals surface area contributed by atoms with Gasteiger partial charge in [0.25, 0.3) is 11.8 Å². The van der Waals surface area contributed by atoms with Crippen LogP contribution in [0.3, 0.4) is 0 Å². The molecule has 6 bridgehead atoms. The van der Waals surface area contributed by atoms with Gasteiger partial charge in [-0.05, 0) is 55.5 Å². The molecule has 2 fully saturated rings. The fourth-order valence-corrected chi connectivity index (χ4v) is 5.30. The number of alkyl halides is 2. The molecular formula is C24H29F2N5O. The van der Waals surface area contributed by atoms with Crippen molar-refractivity contribution in [1.29, 1.82) is 0 Å². The second kappa shape index (κ2) is 8.22. The van der Waals surface area contributed by atoms with Crippen LogP contribution in [-0.2, 0) is 0 Å². The topological polar surface area (TPSA) is 74.5 Å². The SMILES string of the molecule is Nc1ccc2c(c1)N1CCC(CCCC3CN(CC3(F)F)c3cccc(n3)NC2=O)CC1. The number of pyridine rings is 1. The van der Waals surface area contributed by atoms with E-state index in [0.717, 1.165) is 44.5 Å². The minimum absolute atomic E-state index is 0.277. The monoisotopic (exact) mass is 441 g/mol. The summed E-state index contributed by atoms with van der Waals surface area (Å²) in [5, 5.41) is 2.86. The summed E-state index contributed by atoms with van der Waals surface area (Å²) in [6.07, 6.45) is 4.30. The standard InChI is InChI=1S/C24H29F2N5O/c25-24(26)15-31-14-17(24)4-1-3-16-9-11-30(12-10-16)20-13-18(27)7-8-19(20)23(32)29-21-5-2-6-22(31)28-21/h2,5-8,13,16-17H,1,3-4,9-12,14-15,27H2,(H,28,29,32). The van der Waals surface area contributed by atoms with E-state index in [2.05, 4.69) is 15.2 Å². The zero-order chi connectivity index (χ0) is 22.3. The number of anilines is 4. The Balaban J connectivity index is 1.49. The van der Waals surface area contributed by atoms with Gasteiger partial charge in [0.2, 0.25) is 0 Å². The van der Waals surface area contributed by atoms with Crippen LogP contribution < -0.4 is 20.9 Å². The number of hydrogen-bond donors (Lipinski definition) is 2. The van der Waals surface area contributed by atoms with Crippen molar-refractivity contribution in [3.63, 3.8) is 0 Å². The zero-order valence-electron chi connectivity index (χ0n) is 18.1. The molecule has 1 aromatic carbocycles. The highest BCUT2D eigenvalue weighted by Crippen LogP contribution is 2.39. The van der Waals surface area contributed by atoms with E-state index in [9.17, 15) is 13.6 Å². The fraction of sp³-hybridized carbons (Fsp3) is 0.500. The third kappa shape index (κ3) is 4.10. The molecule has 4 aliphatic heterocycles. The Bertz CT molecular complexity index is 1010. The lowest BCUT2D eigenvalue weighted by atomic mass is 9.88. The van der Waals surface area contributed by atoms with E-state index in [1.54, 1.807) is 35.2 Å². The average Bonchev–Trinajstić information content (AvgIpc) is 3.08. The predicted octanol–water partition coefficient (Wildman–Crippen LogP) is 4.39. The predicted molar refractivity (Wildman–Crippen MR) is 122 cm³/mol. The zero-order valence-corrected chi connectivity index (χ0v) is 18.1. The number of nitrogen functional groups attached to an aromatic ring is 1. The number of halogens is 2. The molecule has 32 heavy (non-hydrogen) atoms. The number of aromatic nitrogens is 1. The molecule has 5 heterocycles. The van der Waals surface area contributed by atoms with Crippen molar-refractivity contribution in [2.24, 2.45) is 11.8 Å². The van der Waals surface area contributed by atoms with Gasteiger partial charge in [0.05, 0.1) is 17.8 Å². The third-order valence-electron chi connectivity index (χ3n) is 7.13. The first-order valence-electron chi connectivity index (χ1n) is 11.4. The van der Waals surface area contributed by atoms with Crippen molar-refractivity contribution in [3.05, 3.63) is 42.0 Å². The van der Waals surface area contributed by atoms with Crippen molar-refractivity contribution in [2.75, 3.05) is 47.0 Å². The molecule has 3 N–H and O–H groups in total. The maximum atomic E-state index is 14.7. The molecule has 6 nitrogen and oxygen atoms in total. The van der Waals surface area contributed by atoms with E-state index in [-0.39, 0.29) is 19.0 Å². The van der Waals surface area contributed by atoms with Crippen LogP contribution in [-0.4, -0.2) is 43.0 Å². The molecule has 4 aliphatic rings. The van der Waals surface area contributed by atoms with Gasteiger partial charge in [0.15, 0.2) is 0 Å². The Morgan fingerprint density at radius 3 is 2.69 bits per heavy atom. The highest BCUT2D eigenvalue weighted by molar-refractivity contribution is 6.08. The maximum Gasteiger partial charge on any atom is 0.269 e. The lowest BCUT2D eigenvalue weighted by molar-refractivity contribution is -0.0245. The lowest BCUT2D eigenvalue weighted by Gasteiger charge is -2.35. The number of nitrogens with two attached hydrogens (primary N) is 1. The van der Waals surface area contributed by atoms with E-state index >= 15 is 0 Å². The molecule has 1 atom stereocenters. The number of piperidine rings is 1. The van der Waals surface area contributed by atoms with Crippen LogP contribution in [0.1, 0.15) is 42.5 Å². The average molecular weight is 442 g/mol. The summed E-state index contributed by atoms with van der Waals surface area (Å²) < 4.78 is 29.4. The second-order valence-corrected chi connectivity index (χ2v) is 9.31. The first-order chi connectivity index (χ1) is 15.4. The van der Waals surface area contributed by atoms with Crippen molar-refractivity contribution in [3.8, 4) is 0 Å². The van der Waals surface area contributed by atoms with E-state index in [0.29, 0.717) is 35.2 Å². The number of nitrogens with one attached hydrogen (secondary N) is 1. The fourth-order valence-electron chi connectivity index (χ4n) is 5.30. The molecule has 0 aliphatic carbocycles. The van der Waals surface area contributed by atoms with Gasteiger partial charge in [-0.15, -0.1) is 0 Å². The molecule has 2 aromatic rings. The quantitative estimate of drug-likeness (QED) is 0.593. The summed E-state index contributed by atoms with van der Waals surface area (Å²) in [5.74, 6) is -2.32. The minimum Gasteiger partial charge on any atom is -0.399 e. The molecule has 1 amide bonds. The Morgan fingerprint density at radius 2 is 1.88 bits per heavy atom. The van der Waals surface area contributed by atoms with Gasteiger partial charge in [0, 0.05) is 31.2 Å². The number of carbonyl (C=O) groups excluding carboxylic acids is 1. The number of benzene rings is 1. The van der Waals surface area contributed by atoms with Gasteiger partial charge in [-0.25, -0.2) is 13.8 Å². The lowest BCUT2D eigenvalue weighted by Crippen LogP contribution is -2.35. The molecule has 170 valence electrons. The van der Waals surface area contributed by atoms with Gasteiger partial charge in [0.1, 0.15) is 11.6 Å². The van der Waals surface area contributed by atoms with E-state index < -0.39 is 11.8 Å². The summed E-state index contributed by atoms with van der Waals surface area (Å²) in [7, 11) is 0. The van der Waals surface area contributed by atoms with Crippen LogP contribution in [0.2, 0.25) is 0 Å². The van der Waals surface area contributed by atoms with Gasteiger partial charge < -0.3 is 20.9 Å². The van der Waals surface area contributed by atoms with Gasteiger partial charge >= 0.3 is 0 Å². The maximum absolute atomic E-state index is 14.7. The van der Waals surface area contributed by atoms with Crippen LogP contribution in [0.4, 0.5) is 31.8 Å². The molecule has 0 radical (unpaired) electrons. The van der Waals surface area contributed by atoms with Crippen molar-refractivity contribution < 1.29 is 13.6 Å². The molecule has 0 saturated carbocycles. The summed E-state index contributed by atoms with van der Waals surface area (Å²) in [6, 6.07) is 10.5. The normalized spacial score (nSPS) is 25.2. The van der Waals surface area contributed by atoms with E-state index in [1.165, 1.54) is 0 Å². The highest BCUT2D eigenvalue weighted by Gasteiger charge is 2.48. The molecule has 6 rings (SSSR count). The summed E-state index contributed by atoms with van der Waals surface area (Å²) in [4.78, 5) is 21.5. The number of fused-ring (bicyclic) bond motifs is 5. The van der Waals surface area contributed by atoms with Crippen LogP contribution in [0.15, 0.2) is 36.4 Å². The van der Waals surface area contributed by atoms with Gasteiger partial charge in [-0.2, -0.15) is 0 Å². The van der Waals surface area contributed by atoms with Crippen LogP contribution >= 0.6 is 0 Å². The van der Waals surface area contributed by atoms with E-state index in [4.69, 9.17) is 5.73 Å². The Hall–Kier alpha value is -2.90. The van der Waals surface area contributed by atoms with Crippen molar-refractivity contribution in [2.45, 2.75) is 38.0 Å². The smallest absolute Gasteiger partial charge is 0.269 e.